The fourth-order valence-corrected chi connectivity index (χ4v) is 3.79. The van der Waals surface area contributed by atoms with Crippen LogP contribution in [0.4, 0.5) is 0 Å². The van der Waals surface area contributed by atoms with Gasteiger partial charge in [-0.1, -0.05) is 80.8 Å². The predicted molar refractivity (Wildman–Crippen MR) is 125 cm³/mol. The molecule has 1 aliphatic rings. The number of nitrogens with one attached hydrogen (secondary N) is 1. The molecular formula is C21H39Cl3N2O5. The maximum absolute atomic E-state index is 7.88. The fourth-order valence-electron chi connectivity index (χ4n) is 3.66. The second-order valence-electron chi connectivity index (χ2n) is 8.01. The van der Waals surface area contributed by atoms with Crippen LogP contribution in [0.15, 0.2) is 0 Å². The van der Waals surface area contributed by atoms with E-state index in [1.807, 2.05) is 6.92 Å². The lowest BCUT2D eigenvalue weighted by Crippen LogP contribution is -2.61. The molecule has 1 aliphatic heterocycles. The van der Waals surface area contributed by atoms with Gasteiger partial charge in [-0.05, 0) is 12.8 Å². The van der Waals surface area contributed by atoms with Crippen molar-refractivity contribution in [3.8, 4) is 0 Å². The molecule has 0 aromatic heterocycles. The molecule has 1 unspecified atom stereocenters. The van der Waals surface area contributed by atoms with Crippen LogP contribution in [-0.4, -0.2) is 67.8 Å². The summed E-state index contributed by atoms with van der Waals surface area (Å²) in [5.74, 6) is -0.686. The predicted octanol–water partition coefficient (Wildman–Crippen LogP) is 4.84. The van der Waals surface area contributed by atoms with Crippen molar-refractivity contribution >= 4 is 40.7 Å². The van der Waals surface area contributed by atoms with Gasteiger partial charge < -0.3 is 29.4 Å². The lowest BCUT2D eigenvalue weighted by Gasteiger charge is -2.44. The molecule has 1 saturated heterocycles. The van der Waals surface area contributed by atoms with Gasteiger partial charge in [-0.15, -0.1) is 0 Å². The molecule has 7 nitrogen and oxygen atoms in total. The van der Waals surface area contributed by atoms with E-state index < -0.39 is 28.1 Å². The number of nitrogens with two attached hydrogens (primary N) is 1. The van der Waals surface area contributed by atoms with Gasteiger partial charge in [0.05, 0.1) is 31.0 Å². The van der Waals surface area contributed by atoms with E-state index in [4.69, 9.17) is 65.3 Å². The molecule has 0 bridgehead atoms. The van der Waals surface area contributed by atoms with Gasteiger partial charge in [0.15, 0.2) is 0 Å². The smallest absolute Gasteiger partial charge is 0.265 e. The van der Waals surface area contributed by atoms with Crippen molar-refractivity contribution in [2.75, 3.05) is 27.4 Å². The number of halogens is 3. The third-order valence-corrected chi connectivity index (χ3v) is 6.11. The minimum Gasteiger partial charge on any atom is -0.446 e. The Morgan fingerprint density at radius 2 is 1.90 bits per heavy atom. The molecule has 0 amide bonds. The molecule has 31 heavy (non-hydrogen) atoms. The molecule has 1 fully saturated rings. The van der Waals surface area contributed by atoms with Gasteiger partial charge >= 0.3 is 0 Å². The number of alkyl halides is 3. The Balaban J connectivity index is 2.73. The normalized spacial score (nSPS) is 28.2. The summed E-state index contributed by atoms with van der Waals surface area (Å²) in [7, 11) is 3.30. The molecule has 10 heteroatoms. The van der Waals surface area contributed by atoms with E-state index in [-0.39, 0.29) is 18.1 Å². The van der Waals surface area contributed by atoms with Gasteiger partial charge in [-0.3, -0.25) is 5.41 Å². The van der Waals surface area contributed by atoms with Crippen LogP contribution >= 0.6 is 34.8 Å². The van der Waals surface area contributed by atoms with E-state index in [9.17, 15) is 0 Å². The molecule has 0 aliphatic carbocycles. The topological polar surface area (TPSA) is 96.0 Å². The maximum Gasteiger partial charge on any atom is 0.265 e. The number of hydrogen-bond acceptors (Lipinski definition) is 7. The zero-order chi connectivity index (χ0) is 24.1. The summed E-state index contributed by atoms with van der Waals surface area (Å²) >= 11 is 17.2. The molecular weight excluding hydrogens is 467 g/mol. The number of rotatable bonds is 15. The van der Waals surface area contributed by atoms with Gasteiger partial charge in [-0.25, -0.2) is 0 Å². The van der Waals surface area contributed by atoms with E-state index in [0.717, 1.165) is 19.3 Å². The van der Waals surface area contributed by atoms with E-state index in [2.05, 4.69) is 12.7 Å². The largest absolute Gasteiger partial charge is 0.446 e. The summed E-state index contributed by atoms with van der Waals surface area (Å²) in [4.78, 5) is 0. The Bertz CT molecular complexity index is 530. The van der Waals surface area contributed by atoms with Crippen LogP contribution in [0.3, 0.4) is 0 Å². The summed E-state index contributed by atoms with van der Waals surface area (Å²) in [5, 5.41) is 7.88. The Kier molecular flexibility index (Phi) is 13.4. The van der Waals surface area contributed by atoms with Crippen molar-refractivity contribution in [3.63, 3.8) is 0 Å². The number of ether oxygens (including phenoxy) is 5. The lowest BCUT2D eigenvalue weighted by atomic mass is 9.89. The number of hydrogen-bond donors (Lipinski definition) is 2. The van der Waals surface area contributed by atoms with Crippen molar-refractivity contribution in [1.29, 1.82) is 5.41 Å². The first kappa shape index (κ1) is 27.4. The first-order chi connectivity index (χ1) is 15.2. The summed E-state index contributed by atoms with van der Waals surface area (Å²) in [6, 6.07) is -0.694. The SMILES string of the molecule is [3H]N[C@H]1C(OC(=N)C(Cl)(Cl)Cl)O[C@H](COC)[C@@H](C)[C@@H]1OCC[C@@H](CCCCCCC)OC. The molecule has 0 radical (unpaired) electrons. The standard InChI is InChI=1S/C21H39Cl3N2O5/c1-5-6-7-8-9-10-15(28-4)11-12-29-18-14(2)16(13-27-3)30-19(17(18)25)31-20(26)21(22,23)24/h14-19,26H,5-13,25H2,1-4H3/t14-,15-,16-,17-,18+,19?/m1/s1/i/hT. The average Bonchev–Trinajstić information content (AvgIpc) is 2.74. The molecule has 1 rings (SSSR count). The highest BCUT2D eigenvalue weighted by Crippen LogP contribution is 2.32. The number of unbranched alkanes of at least 4 members (excludes halogenated alkanes) is 4. The van der Waals surface area contributed by atoms with E-state index >= 15 is 0 Å². The summed E-state index contributed by atoms with van der Waals surface area (Å²) in [5.41, 5.74) is 2.44. The summed E-state index contributed by atoms with van der Waals surface area (Å²) in [6.45, 7) is 4.93. The third kappa shape index (κ3) is 10.3. The fraction of sp³-hybridized carbons (Fsp3) is 0.952. The molecule has 184 valence electrons. The van der Waals surface area contributed by atoms with Crippen LogP contribution in [-0.2, 0) is 23.7 Å². The monoisotopic (exact) mass is 506 g/mol. The second-order valence-corrected chi connectivity index (χ2v) is 10.3. The minimum atomic E-state index is -2.03. The van der Waals surface area contributed by atoms with Crippen LogP contribution in [0.1, 0.15) is 58.8 Å². The maximum atomic E-state index is 7.88. The van der Waals surface area contributed by atoms with Crippen LogP contribution in [0.5, 0.6) is 0 Å². The highest BCUT2D eigenvalue weighted by Gasteiger charge is 2.45. The van der Waals surface area contributed by atoms with Gasteiger partial charge in [-0.2, -0.15) is 0 Å². The zero-order valence-corrected chi connectivity index (χ0v) is 21.3. The van der Waals surface area contributed by atoms with Crippen LogP contribution in [0.2, 0.25) is 1.41 Å². The van der Waals surface area contributed by atoms with Gasteiger partial charge in [0.2, 0.25) is 12.2 Å². The number of methoxy groups -OCH3 is 2. The van der Waals surface area contributed by atoms with Crippen LogP contribution in [0, 0.1) is 11.3 Å². The second kappa shape index (κ2) is 15.1. The van der Waals surface area contributed by atoms with Crippen molar-refractivity contribution in [3.05, 3.63) is 0 Å². The molecule has 6 atom stereocenters. The van der Waals surface area contributed by atoms with E-state index in [1.54, 1.807) is 14.2 Å². The molecule has 3 N–H and O–H groups in total. The van der Waals surface area contributed by atoms with E-state index in [1.165, 1.54) is 25.7 Å². The van der Waals surface area contributed by atoms with Crippen molar-refractivity contribution in [1.82, 2.24) is 0 Å². The quantitative estimate of drug-likeness (QED) is 0.143. The van der Waals surface area contributed by atoms with Crippen LogP contribution < -0.4 is 5.73 Å². The Hall–Kier alpha value is 0.140. The molecule has 0 saturated carbocycles. The zero-order valence-electron chi connectivity index (χ0n) is 20.0. The van der Waals surface area contributed by atoms with Crippen molar-refractivity contribution < 1.29 is 25.1 Å². The molecule has 1 heterocycles. The Morgan fingerprint density at radius 3 is 2.48 bits per heavy atom. The first-order valence-electron chi connectivity index (χ1n) is 11.5. The van der Waals surface area contributed by atoms with E-state index in [0.29, 0.717) is 13.2 Å². The lowest BCUT2D eigenvalue weighted by molar-refractivity contribution is -0.235. The highest BCUT2D eigenvalue weighted by atomic mass is 35.6. The van der Waals surface area contributed by atoms with Gasteiger partial charge in [0.1, 0.15) is 1.41 Å². The Morgan fingerprint density at radius 1 is 1.19 bits per heavy atom. The van der Waals surface area contributed by atoms with Gasteiger partial charge in [0.25, 0.3) is 3.79 Å². The van der Waals surface area contributed by atoms with Crippen molar-refractivity contribution in [2.24, 2.45) is 11.6 Å². The Labute approximate surface area is 203 Å². The minimum absolute atomic E-state index is 0.102. The molecule has 0 aromatic carbocycles. The highest BCUT2D eigenvalue weighted by molar-refractivity contribution is 6.76. The van der Waals surface area contributed by atoms with Crippen molar-refractivity contribution in [2.45, 2.75) is 93.2 Å². The first-order valence-corrected chi connectivity index (χ1v) is 12.1. The summed E-state index contributed by atoms with van der Waals surface area (Å²) < 4.78 is 34.3. The van der Waals surface area contributed by atoms with Crippen LogP contribution in [0.25, 0.3) is 0 Å². The molecule has 0 aromatic rings. The summed E-state index contributed by atoms with van der Waals surface area (Å²) in [6.07, 6.45) is 6.09. The third-order valence-electron chi connectivity index (χ3n) is 5.60. The average molecular weight is 508 g/mol. The van der Waals surface area contributed by atoms with Gasteiger partial charge in [0, 0.05) is 26.7 Å². The molecule has 0 spiro atoms.